The Morgan fingerprint density at radius 3 is 2.28 bits per heavy atom. The number of ether oxygens (including phenoxy) is 1. The van der Waals surface area contributed by atoms with Crippen molar-refractivity contribution in [3.8, 4) is 0 Å². The van der Waals surface area contributed by atoms with Crippen LogP contribution in [0.3, 0.4) is 0 Å². The van der Waals surface area contributed by atoms with Crippen molar-refractivity contribution in [3.63, 3.8) is 0 Å². The molecule has 2 fully saturated rings. The number of carbonyl (C=O) groups is 1. The van der Waals surface area contributed by atoms with Gasteiger partial charge in [-0.1, -0.05) is 19.1 Å². The molecule has 0 saturated carbocycles. The van der Waals surface area contributed by atoms with Gasteiger partial charge < -0.3 is 19.9 Å². The zero-order valence-electron chi connectivity index (χ0n) is 17.9. The van der Waals surface area contributed by atoms with E-state index in [-0.39, 0.29) is 35.9 Å². The number of anilines is 1. The Morgan fingerprint density at radius 2 is 1.72 bits per heavy atom. The standard InChI is InChI=1S/C22H34N4O2.HI/c1-17-8-12-25(13-9-17)20-6-4-18(5-7-20)16-24-22(23-2)26-14-10-19(11-15-26)21(27)28-3;/h4-7,17,19H,8-16H2,1-3H3,(H,23,24);1H. The van der Waals surface area contributed by atoms with Gasteiger partial charge in [0.15, 0.2) is 5.96 Å². The van der Waals surface area contributed by atoms with Gasteiger partial charge in [0.05, 0.1) is 13.0 Å². The maximum atomic E-state index is 11.7. The Bertz CT molecular complexity index is 664. The van der Waals surface area contributed by atoms with Gasteiger partial charge in [0.25, 0.3) is 0 Å². The number of benzene rings is 1. The topological polar surface area (TPSA) is 57.2 Å². The first-order valence-corrected chi connectivity index (χ1v) is 10.5. The number of nitrogens with zero attached hydrogens (tertiary/aromatic N) is 3. The lowest BCUT2D eigenvalue weighted by Gasteiger charge is -2.33. The number of likely N-dealkylation sites (tertiary alicyclic amines) is 1. The molecule has 2 heterocycles. The van der Waals surface area contributed by atoms with E-state index in [1.54, 1.807) is 0 Å². The summed E-state index contributed by atoms with van der Waals surface area (Å²) < 4.78 is 4.87. The highest BCUT2D eigenvalue weighted by Gasteiger charge is 2.26. The molecule has 1 aromatic carbocycles. The number of hydrogen-bond acceptors (Lipinski definition) is 4. The molecule has 0 aliphatic carbocycles. The van der Waals surface area contributed by atoms with Crippen LogP contribution in [0.15, 0.2) is 29.3 Å². The summed E-state index contributed by atoms with van der Waals surface area (Å²) in [6.45, 7) is 7.06. The molecule has 162 valence electrons. The third kappa shape index (κ3) is 6.49. The highest BCUT2D eigenvalue weighted by atomic mass is 127. The molecule has 0 amide bonds. The SMILES string of the molecule is CN=C(NCc1ccc(N2CCC(C)CC2)cc1)N1CCC(C(=O)OC)CC1.I. The highest BCUT2D eigenvalue weighted by molar-refractivity contribution is 14.0. The van der Waals surface area contributed by atoms with Crippen LogP contribution in [0, 0.1) is 11.8 Å². The largest absolute Gasteiger partial charge is 0.469 e. The van der Waals surface area contributed by atoms with E-state index < -0.39 is 0 Å². The molecule has 0 radical (unpaired) electrons. The zero-order valence-corrected chi connectivity index (χ0v) is 20.2. The van der Waals surface area contributed by atoms with Gasteiger partial charge in [0, 0.05) is 45.5 Å². The van der Waals surface area contributed by atoms with Gasteiger partial charge in [-0.15, -0.1) is 24.0 Å². The number of piperidine rings is 2. The highest BCUT2D eigenvalue weighted by Crippen LogP contribution is 2.23. The lowest BCUT2D eigenvalue weighted by molar-refractivity contribution is -0.146. The molecule has 0 aromatic heterocycles. The zero-order chi connectivity index (χ0) is 19.9. The van der Waals surface area contributed by atoms with E-state index >= 15 is 0 Å². The van der Waals surface area contributed by atoms with E-state index in [1.807, 2.05) is 7.05 Å². The van der Waals surface area contributed by atoms with E-state index in [0.29, 0.717) is 0 Å². The van der Waals surface area contributed by atoms with Crippen molar-refractivity contribution in [3.05, 3.63) is 29.8 Å². The second-order valence-electron chi connectivity index (χ2n) is 8.02. The van der Waals surface area contributed by atoms with Crippen molar-refractivity contribution in [2.75, 3.05) is 45.2 Å². The first-order chi connectivity index (χ1) is 13.6. The number of methoxy groups -OCH3 is 1. The van der Waals surface area contributed by atoms with Crippen molar-refractivity contribution >= 4 is 41.6 Å². The quantitative estimate of drug-likeness (QED) is 0.289. The first kappa shape index (κ1) is 23.8. The fraction of sp³-hybridized carbons (Fsp3) is 0.636. The number of esters is 1. The number of nitrogens with one attached hydrogen (secondary N) is 1. The molecule has 6 nitrogen and oxygen atoms in total. The van der Waals surface area contributed by atoms with E-state index in [0.717, 1.165) is 57.4 Å². The van der Waals surface area contributed by atoms with Gasteiger partial charge in [0.2, 0.25) is 0 Å². The number of rotatable bonds is 4. The molecule has 29 heavy (non-hydrogen) atoms. The van der Waals surface area contributed by atoms with Crippen LogP contribution < -0.4 is 10.2 Å². The summed E-state index contributed by atoms with van der Waals surface area (Å²) in [5.74, 6) is 1.68. The number of guanidine groups is 1. The monoisotopic (exact) mass is 514 g/mol. The van der Waals surface area contributed by atoms with E-state index in [9.17, 15) is 4.79 Å². The van der Waals surface area contributed by atoms with Crippen LogP contribution in [0.4, 0.5) is 5.69 Å². The molecule has 3 rings (SSSR count). The van der Waals surface area contributed by atoms with Gasteiger partial charge in [-0.2, -0.15) is 0 Å². The van der Waals surface area contributed by atoms with Gasteiger partial charge in [-0.05, 0) is 49.3 Å². The molecule has 2 aliphatic heterocycles. The van der Waals surface area contributed by atoms with Crippen molar-refractivity contribution in [2.45, 2.75) is 39.2 Å². The molecular formula is C22H35IN4O2. The Kier molecular flexibility index (Phi) is 9.52. The average molecular weight is 514 g/mol. The molecule has 0 unspecified atom stereocenters. The third-order valence-corrected chi connectivity index (χ3v) is 6.08. The minimum absolute atomic E-state index is 0. The summed E-state index contributed by atoms with van der Waals surface area (Å²) in [6, 6.07) is 8.88. The van der Waals surface area contributed by atoms with Crippen LogP contribution in [0.1, 0.15) is 38.2 Å². The smallest absolute Gasteiger partial charge is 0.308 e. The minimum atomic E-state index is -0.0918. The predicted molar refractivity (Wildman–Crippen MR) is 129 cm³/mol. The van der Waals surface area contributed by atoms with Gasteiger partial charge in [-0.25, -0.2) is 0 Å². The van der Waals surface area contributed by atoms with Crippen molar-refractivity contribution in [1.82, 2.24) is 10.2 Å². The molecule has 7 heteroatoms. The molecule has 0 atom stereocenters. The average Bonchev–Trinajstić information content (AvgIpc) is 2.75. The van der Waals surface area contributed by atoms with Crippen molar-refractivity contribution in [1.29, 1.82) is 0 Å². The molecule has 0 bridgehead atoms. The van der Waals surface area contributed by atoms with Crippen LogP contribution in [-0.4, -0.2) is 57.2 Å². The number of carbonyl (C=O) groups excluding carboxylic acids is 1. The number of aliphatic imine (C=N–C) groups is 1. The van der Waals surface area contributed by atoms with Crippen molar-refractivity contribution in [2.24, 2.45) is 16.8 Å². The second kappa shape index (κ2) is 11.6. The normalized spacial score (nSPS) is 18.9. The molecule has 2 saturated heterocycles. The van der Waals surface area contributed by atoms with E-state index in [1.165, 1.54) is 31.2 Å². The summed E-state index contributed by atoms with van der Waals surface area (Å²) in [5, 5.41) is 3.46. The Hall–Kier alpha value is -1.51. The lowest BCUT2D eigenvalue weighted by atomic mass is 9.97. The second-order valence-corrected chi connectivity index (χ2v) is 8.02. The molecule has 1 aromatic rings. The fourth-order valence-corrected chi connectivity index (χ4v) is 4.10. The number of halogens is 1. The predicted octanol–water partition coefficient (Wildman–Crippen LogP) is 3.50. The summed E-state index contributed by atoms with van der Waals surface area (Å²) >= 11 is 0. The van der Waals surface area contributed by atoms with Crippen LogP contribution in [0.25, 0.3) is 0 Å². The number of hydrogen-bond donors (Lipinski definition) is 1. The molecule has 0 spiro atoms. The van der Waals surface area contributed by atoms with Crippen LogP contribution >= 0.6 is 24.0 Å². The summed E-state index contributed by atoms with van der Waals surface area (Å²) in [4.78, 5) is 20.8. The minimum Gasteiger partial charge on any atom is -0.469 e. The van der Waals surface area contributed by atoms with Gasteiger partial charge in [0.1, 0.15) is 0 Å². The molecule has 2 aliphatic rings. The molecular weight excluding hydrogens is 479 g/mol. The maximum Gasteiger partial charge on any atom is 0.308 e. The van der Waals surface area contributed by atoms with E-state index in [4.69, 9.17) is 4.74 Å². The lowest BCUT2D eigenvalue weighted by Crippen LogP contribution is -2.46. The summed E-state index contributed by atoms with van der Waals surface area (Å²) in [6.07, 6.45) is 4.20. The molecule has 1 N–H and O–H groups in total. The van der Waals surface area contributed by atoms with Crippen LogP contribution in [0.5, 0.6) is 0 Å². The third-order valence-electron chi connectivity index (χ3n) is 6.08. The van der Waals surface area contributed by atoms with Gasteiger partial charge >= 0.3 is 5.97 Å². The van der Waals surface area contributed by atoms with Crippen molar-refractivity contribution < 1.29 is 9.53 Å². The first-order valence-electron chi connectivity index (χ1n) is 10.5. The Labute approximate surface area is 192 Å². The summed E-state index contributed by atoms with van der Waals surface area (Å²) in [7, 11) is 3.28. The van der Waals surface area contributed by atoms with Gasteiger partial charge in [-0.3, -0.25) is 9.79 Å². The van der Waals surface area contributed by atoms with E-state index in [2.05, 4.69) is 51.3 Å². The fourth-order valence-electron chi connectivity index (χ4n) is 4.10. The van der Waals surface area contributed by atoms with Crippen LogP contribution in [0.2, 0.25) is 0 Å². The maximum absolute atomic E-state index is 11.7. The summed E-state index contributed by atoms with van der Waals surface area (Å²) in [5.41, 5.74) is 2.57. The van der Waals surface area contributed by atoms with Crippen LogP contribution in [-0.2, 0) is 16.1 Å². The Balaban J connectivity index is 0.00000300. The Morgan fingerprint density at radius 1 is 1.10 bits per heavy atom.